The number of H-pyrrole nitrogens is 3. The largest absolute Gasteiger partial charge is 0.361 e. The fraction of sp³-hybridized carbons (Fsp3) is 0. The first-order valence-corrected chi connectivity index (χ1v) is 39.6. The monoisotopic (exact) mass is 1650 g/mol. The number of hydrogen-bond donors (Lipinski definition) is 8. The number of pyridine rings is 10. The molecule has 29 heteroatoms. The van der Waals surface area contributed by atoms with Gasteiger partial charge in [0.1, 0.15) is 34.6 Å². The highest BCUT2D eigenvalue weighted by Crippen LogP contribution is 2.35. The number of para-hydroxylation sites is 1. The molecule has 0 saturated heterocycles. The number of benzene rings is 6. The quantitative estimate of drug-likeness (QED) is 0.0472. The summed E-state index contributed by atoms with van der Waals surface area (Å²) in [7, 11) is 0. The zero-order valence-corrected chi connectivity index (χ0v) is 66.3. The Labute approximate surface area is 715 Å². The van der Waals surface area contributed by atoms with Crippen LogP contribution in [0, 0.1) is 11.6 Å². The van der Waals surface area contributed by atoms with Crippen LogP contribution < -0.4 is 26.6 Å². The summed E-state index contributed by atoms with van der Waals surface area (Å²) in [4.78, 5) is 86.0. The number of hydrogen-bond acceptors (Lipinski definition) is 24. The van der Waals surface area contributed by atoms with Gasteiger partial charge < -0.3 is 36.6 Å². The molecule has 8 N–H and O–H groups in total. The molecule has 23 rings (SSSR count). The maximum absolute atomic E-state index is 13.5. The molecule has 0 bridgehead atoms. The van der Waals surface area contributed by atoms with Crippen LogP contribution >= 0.6 is 0 Å². The molecule has 17 heterocycles. The molecule has 0 aliphatic rings. The molecule has 17 aromatic heterocycles. The SMILES string of the molecule is Fc1cccc(Nc2cc(-c3ccncc3)nc3ccccc23)c1.Fc1cccc(Nc2nc(-c3ccncc3)nc3ncccc23)c1.c1cnc2c(Nc3ccc4[nH]ccc4c3)nc(-c3ccncc3)nc2c1.c1cnc2nc(-c3ccncc3)nc(Nc3ccc4[nH]ccc4c3)c2c1.c1cnc2nc(-c3ccncc3)nc(Nc3ccc4[nH]ncc4c3)c2c1. The third-order valence-electron chi connectivity index (χ3n) is 19.8. The van der Waals surface area contributed by atoms with E-state index in [2.05, 4.69) is 129 Å². The van der Waals surface area contributed by atoms with Crippen molar-refractivity contribution in [1.82, 2.24) is 110 Å². The highest BCUT2D eigenvalue weighted by Gasteiger charge is 2.18. The number of aromatic nitrogens is 22. The normalized spacial score (nSPS) is 10.9. The lowest BCUT2D eigenvalue weighted by atomic mass is 10.1. The molecule has 0 saturated carbocycles. The summed E-state index contributed by atoms with van der Waals surface area (Å²) >= 11 is 0. The van der Waals surface area contributed by atoms with Crippen LogP contribution in [0.25, 0.3) is 145 Å². The minimum Gasteiger partial charge on any atom is -0.361 e. The molecule has 126 heavy (non-hydrogen) atoms. The van der Waals surface area contributed by atoms with Gasteiger partial charge in [-0.3, -0.25) is 35.0 Å². The minimum absolute atomic E-state index is 0.271. The summed E-state index contributed by atoms with van der Waals surface area (Å²) in [6, 6.07) is 78.9. The number of anilines is 10. The van der Waals surface area contributed by atoms with E-state index in [0.717, 1.165) is 133 Å². The van der Waals surface area contributed by atoms with Crippen LogP contribution in [0.3, 0.4) is 0 Å². The van der Waals surface area contributed by atoms with Crippen molar-refractivity contribution in [3.05, 3.63) is 372 Å². The lowest BCUT2D eigenvalue weighted by molar-refractivity contribution is 0.628. The van der Waals surface area contributed by atoms with Crippen molar-refractivity contribution in [3.8, 4) is 56.8 Å². The molecule has 0 amide bonds. The summed E-state index contributed by atoms with van der Waals surface area (Å²) in [5.74, 6) is 4.49. The van der Waals surface area contributed by atoms with E-state index in [1.807, 2.05) is 213 Å². The van der Waals surface area contributed by atoms with Gasteiger partial charge in [-0.05, 0) is 224 Å². The Kier molecular flexibility index (Phi) is 22.3. The van der Waals surface area contributed by atoms with Gasteiger partial charge in [-0.2, -0.15) is 5.10 Å². The number of nitrogens with one attached hydrogen (secondary N) is 8. The Hall–Kier alpha value is -18.2. The molecule has 0 unspecified atom stereocenters. The molecule has 0 atom stereocenters. The van der Waals surface area contributed by atoms with Crippen LogP contribution in [0.1, 0.15) is 0 Å². The molecule has 604 valence electrons. The Bertz CT molecular complexity index is 7140. The van der Waals surface area contributed by atoms with Crippen molar-refractivity contribution >= 4 is 145 Å². The average molecular weight is 1650 g/mol. The van der Waals surface area contributed by atoms with Crippen molar-refractivity contribution < 1.29 is 8.78 Å². The molecule has 0 radical (unpaired) electrons. The van der Waals surface area contributed by atoms with Gasteiger partial charge in [0.2, 0.25) is 0 Å². The van der Waals surface area contributed by atoms with Gasteiger partial charge in [0.25, 0.3) is 0 Å². The van der Waals surface area contributed by atoms with Gasteiger partial charge in [0, 0.05) is 188 Å². The number of nitrogens with zero attached hydrogens (tertiary/aromatic N) is 19. The summed E-state index contributed by atoms with van der Waals surface area (Å²) < 4.78 is 26.9. The Morgan fingerprint density at radius 2 is 0.651 bits per heavy atom. The molecule has 23 aromatic rings. The topological polar surface area (TPSA) is 352 Å². The van der Waals surface area contributed by atoms with Crippen LogP contribution in [0.15, 0.2) is 360 Å². The molecule has 6 aromatic carbocycles. The summed E-state index contributed by atoms with van der Waals surface area (Å²) in [5, 5.41) is 30.5. The molecule has 0 fully saturated rings. The first-order valence-electron chi connectivity index (χ1n) is 39.6. The van der Waals surface area contributed by atoms with Crippen LogP contribution in [0.5, 0.6) is 0 Å². The number of fused-ring (bicyclic) bond motifs is 8. The van der Waals surface area contributed by atoms with Gasteiger partial charge in [0.05, 0.1) is 50.3 Å². The lowest BCUT2D eigenvalue weighted by Crippen LogP contribution is -2.00. The zero-order chi connectivity index (χ0) is 84.8. The van der Waals surface area contributed by atoms with E-state index in [4.69, 9.17) is 19.9 Å². The molecule has 0 aliphatic carbocycles. The van der Waals surface area contributed by atoms with E-state index >= 15 is 0 Å². The van der Waals surface area contributed by atoms with E-state index in [1.165, 1.54) is 24.3 Å². The Balaban J connectivity index is 0.000000103. The van der Waals surface area contributed by atoms with E-state index < -0.39 is 0 Å². The van der Waals surface area contributed by atoms with Crippen molar-refractivity contribution in [1.29, 1.82) is 0 Å². The van der Waals surface area contributed by atoms with Gasteiger partial charge in [-0.1, -0.05) is 30.3 Å². The molecule has 0 spiro atoms. The van der Waals surface area contributed by atoms with Crippen LogP contribution in [-0.4, -0.2) is 110 Å². The fourth-order valence-corrected chi connectivity index (χ4v) is 13.8. The maximum Gasteiger partial charge on any atom is 0.165 e. The number of rotatable bonds is 15. The zero-order valence-electron chi connectivity index (χ0n) is 66.3. The second-order valence-corrected chi connectivity index (χ2v) is 28.2. The first kappa shape index (κ1) is 77.7. The van der Waals surface area contributed by atoms with Crippen molar-refractivity contribution in [3.63, 3.8) is 0 Å². The third-order valence-corrected chi connectivity index (χ3v) is 19.8. The second kappa shape index (κ2) is 36.2. The van der Waals surface area contributed by atoms with Gasteiger partial charge >= 0.3 is 0 Å². The highest BCUT2D eigenvalue weighted by molar-refractivity contribution is 5.98. The Morgan fingerprint density at radius 3 is 1.13 bits per heavy atom. The lowest BCUT2D eigenvalue weighted by Gasteiger charge is -2.12. The Morgan fingerprint density at radius 1 is 0.262 bits per heavy atom. The van der Waals surface area contributed by atoms with Crippen molar-refractivity contribution in [2.45, 2.75) is 0 Å². The number of halogens is 2. The fourth-order valence-electron chi connectivity index (χ4n) is 13.8. The predicted octanol–water partition coefficient (Wildman–Crippen LogP) is 21.5. The standard InChI is InChI=1S/C20H14FN3.2C20H14N6.C19H13N7.C18H12FN5/c21-15-4-3-5-16(12-15)23-20-13-19(14-8-10-22-11-9-14)24-18-7-2-1-6-17(18)20;1-2-17-18(23-8-1)20(26-19(25-17)13-5-9-21-10-6-13)24-15-3-4-16-14(12-15)7-11-22-16;1-2-16-19(23-8-1)25-18(13-5-9-21-10-6-13)26-20(16)24-15-3-4-17-14(12-15)7-11-22-17;1-2-15-18(21-7-1)24-17(12-5-8-20-9-6-12)25-19(15)23-14-3-4-16-13(10-14)11-22-26-16;19-13-3-1-4-14(11-13)22-18-15-5-2-8-21-17(15)23-16(24-18)12-6-9-20-10-7-12/h1-13H,(H,23,24);1-12,22H,(H,24,25,26);1-12,22H,(H,23,24,25,26);1-11H,(H,22,26)(H,21,23,24,25);1-11H,(H,21,22,23,24). The van der Waals surface area contributed by atoms with Crippen LogP contribution in [-0.2, 0) is 0 Å². The second-order valence-electron chi connectivity index (χ2n) is 28.2. The van der Waals surface area contributed by atoms with E-state index in [0.29, 0.717) is 69.1 Å². The summed E-state index contributed by atoms with van der Waals surface area (Å²) in [6.45, 7) is 0. The highest BCUT2D eigenvalue weighted by atomic mass is 19.1. The van der Waals surface area contributed by atoms with Crippen molar-refractivity contribution in [2.75, 3.05) is 26.6 Å². The van der Waals surface area contributed by atoms with E-state index in [9.17, 15) is 8.78 Å². The molecular formula is C97H67F2N27. The van der Waals surface area contributed by atoms with Gasteiger partial charge in [0.15, 0.2) is 46.1 Å². The predicted molar refractivity (Wildman–Crippen MR) is 489 cm³/mol. The van der Waals surface area contributed by atoms with Gasteiger partial charge in [-0.15, -0.1) is 0 Å². The smallest absolute Gasteiger partial charge is 0.165 e. The molecular weight excluding hydrogens is 1580 g/mol. The number of aromatic amines is 3. The molecule has 0 aliphatic heterocycles. The minimum atomic E-state index is -0.314. The van der Waals surface area contributed by atoms with Crippen LogP contribution in [0.2, 0.25) is 0 Å². The van der Waals surface area contributed by atoms with Gasteiger partial charge in [-0.25, -0.2) is 68.6 Å². The summed E-state index contributed by atoms with van der Waals surface area (Å²) in [6.07, 6.45) is 29.8. The van der Waals surface area contributed by atoms with Crippen LogP contribution in [0.4, 0.5) is 66.2 Å². The summed E-state index contributed by atoms with van der Waals surface area (Å²) in [5.41, 5.74) is 17.8. The van der Waals surface area contributed by atoms with E-state index in [-0.39, 0.29) is 11.6 Å². The first-order chi connectivity index (χ1) is 62.2. The van der Waals surface area contributed by atoms with E-state index in [1.54, 1.807) is 111 Å². The molecule has 27 nitrogen and oxygen atoms in total. The third kappa shape index (κ3) is 18.1. The maximum atomic E-state index is 13.5. The average Bonchev–Trinajstić information content (AvgIpc) is 1.08. The van der Waals surface area contributed by atoms with Crippen molar-refractivity contribution in [2.24, 2.45) is 0 Å².